The molecular formula is C9H13NO. The zero-order chi connectivity index (χ0) is 7.42. The van der Waals surface area contributed by atoms with Crippen molar-refractivity contribution in [3.05, 3.63) is 0 Å². The highest BCUT2D eigenvalue weighted by Crippen LogP contribution is 2.59. The summed E-state index contributed by atoms with van der Waals surface area (Å²) in [7, 11) is 0. The number of hydrogen-bond acceptors (Lipinski definition) is 2. The Morgan fingerprint density at radius 3 is 2.82 bits per heavy atom. The van der Waals surface area contributed by atoms with Gasteiger partial charge in [0.05, 0.1) is 5.71 Å². The molecule has 0 spiro atoms. The van der Waals surface area contributed by atoms with E-state index in [0.29, 0.717) is 5.92 Å². The number of oxime groups is 1. The summed E-state index contributed by atoms with van der Waals surface area (Å²) < 4.78 is 0. The van der Waals surface area contributed by atoms with Crippen LogP contribution in [0.1, 0.15) is 25.7 Å². The minimum atomic E-state index is 0.699. The summed E-state index contributed by atoms with van der Waals surface area (Å²) in [5.74, 6) is 3.39. The Morgan fingerprint density at radius 2 is 2.18 bits per heavy atom. The molecule has 3 aliphatic carbocycles. The SMILES string of the molecule is ON=C1CC2CC3CCC2C13. The first-order valence-corrected chi connectivity index (χ1v) is 4.61. The quantitative estimate of drug-likeness (QED) is 0.416. The van der Waals surface area contributed by atoms with E-state index in [1.54, 1.807) is 0 Å². The van der Waals surface area contributed by atoms with Gasteiger partial charge in [-0.2, -0.15) is 0 Å². The Bertz CT molecular complexity index is 224. The summed E-state index contributed by atoms with van der Waals surface area (Å²) in [6.07, 6.45) is 5.32. The van der Waals surface area contributed by atoms with Gasteiger partial charge in [-0.15, -0.1) is 0 Å². The fourth-order valence-corrected chi connectivity index (χ4v) is 3.74. The van der Waals surface area contributed by atoms with Gasteiger partial charge in [0.25, 0.3) is 0 Å². The number of rotatable bonds is 0. The second kappa shape index (κ2) is 1.79. The van der Waals surface area contributed by atoms with Crippen LogP contribution in [0.25, 0.3) is 0 Å². The first kappa shape index (κ1) is 6.04. The molecule has 3 rings (SSSR count). The van der Waals surface area contributed by atoms with Gasteiger partial charge in [0.15, 0.2) is 0 Å². The van der Waals surface area contributed by atoms with E-state index >= 15 is 0 Å². The molecular weight excluding hydrogens is 138 g/mol. The summed E-state index contributed by atoms with van der Waals surface area (Å²) in [4.78, 5) is 0. The summed E-state index contributed by atoms with van der Waals surface area (Å²) in [6, 6.07) is 0. The lowest BCUT2D eigenvalue weighted by molar-refractivity contribution is 0.306. The van der Waals surface area contributed by atoms with Gasteiger partial charge < -0.3 is 5.21 Å². The zero-order valence-corrected chi connectivity index (χ0v) is 6.53. The fraction of sp³-hybridized carbons (Fsp3) is 0.889. The van der Waals surface area contributed by atoms with Crippen molar-refractivity contribution >= 4 is 5.71 Å². The Hall–Kier alpha value is -0.530. The zero-order valence-electron chi connectivity index (χ0n) is 6.53. The molecule has 0 aliphatic heterocycles. The molecule has 4 bridgehead atoms. The Kier molecular flexibility index (Phi) is 0.984. The molecule has 4 atom stereocenters. The topological polar surface area (TPSA) is 32.6 Å². The number of hydrogen-bond donors (Lipinski definition) is 1. The van der Waals surface area contributed by atoms with E-state index < -0.39 is 0 Å². The van der Waals surface area contributed by atoms with E-state index in [2.05, 4.69) is 5.16 Å². The molecule has 2 nitrogen and oxygen atoms in total. The molecule has 60 valence electrons. The minimum Gasteiger partial charge on any atom is -0.411 e. The smallest absolute Gasteiger partial charge is 0.0610 e. The molecule has 0 aromatic rings. The van der Waals surface area contributed by atoms with Gasteiger partial charge in [-0.05, 0) is 43.4 Å². The van der Waals surface area contributed by atoms with E-state index in [4.69, 9.17) is 5.21 Å². The molecule has 2 heteroatoms. The van der Waals surface area contributed by atoms with Crippen LogP contribution in [0.4, 0.5) is 0 Å². The van der Waals surface area contributed by atoms with Crippen molar-refractivity contribution in [2.24, 2.45) is 28.8 Å². The van der Waals surface area contributed by atoms with Crippen molar-refractivity contribution in [1.82, 2.24) is 0 Å². The predicted molar refractivity (Wildman–Crippen MR) is 41.6 cm³/mol. The highest BCUT2D eigenvalue weighted by atomic mass is 16.4. The summed E-state index contributed by atoms with van der Waals surface area (Å²) >= 11 is 0. The predicted octanol–water partition coefficient (Wildman–Crippen LogP) is 1.88. The third-order valence-corrected chi connectivity index (χ3v) is 4.04. The molecule has 0 heterocycles. The lowest BCUT2D eigenvalue weighted by Gasteiger charge is -2.20. The van der Waals surface area contributed by atoms with Gasteiger partial charge in [-0.3, -0.25) is 0 Å². The highest BCUT2D eigenvalue weighted by Gasteiger charge is 2.55. The van der Waals surface area contributed by atoms with Crippen LogP contribution in [0.5, 0.6) is 0 Å². The van der Waals surface area contributed by atoms with Crippen LogP contribution in [0.15, 0.2) is 5.16 Å². The van der Waals surface area contributed by atoms with E-state index in [9.17, 15) is 0 Å². The lowest BCUT2D eigenvalue weighted by Crippen LogP contribution is -2.17. The Labute approximate surface area is 66.3 Å². The van der Waals surface area contributed by atoms with Crippen molar-refractivity contribution in [3.63, 3.8) is 0 Å². The Balaban J connectivity index is 2.01. The van der Waals surface area contributed by atoms with Gasteiger partial charge in [0.2, 0.25) is 0 Å². The van der Waals surface area contributed by atoms with Gasteiger partial charge in [0.1, 0.15) is 0 Å². The van der Waals surface area contributed by atoms with Crippen molar-refractivity contribution in [1.29, 1.82) is 0 Å². The molecule has 3 fully saturated rings. The van der Waals surface area contributed by atoms with Crippen LogP contribution >= 0.6 is 0 Å². The maximum absolute atomic E-state index is 8.74. The minimum absolute atomic E-state index is 0.699. The monoisotopic (exact) mass is 151 g/mol. The number of nitrogens with zero attached hydrogens (tertiary/aromatic N) is 1. The maximum Gasteiger partial charge on any atom is 0.0610 e. The van der Waals surface area contributed by atoms with Crippen molar-refractivity contribution < 1.29 is 5.21 Å². The Morgan fingerprint density at radius 1 is 1.27 bits per heavy atom. The maximum atomic E-state index is 8.74. The summed E-state index contributed by atoms with van der Waals surface area (Å²) in [6.45, 7) is 0. The molecule has 0 aromatic carbocycles. The molecule has 1 N–H and O–H groups in total. The average Bonchev–Trinajstić information content (AvgIpc) is 2.67. The molecule has 0 radical (unpaired) electrons. The van der Waals surface area contributed by atoms with Crippen LogP contribution in [0, 0.1) is 23.7 Å². The van der Waals surface area contributed by atoms with Crippen molar-refractivity contribution in [3.8, 4) is 0 Å². The standard InChI is InChI=1S/C9H13NO/c11-10-8-4-6-3-5-1-2-7(6)9(5)8/h5-7,9,11H,1-4H2. The lowest BCUT2D eigenvalue weighted by atomic mass is 9.85. The van der Waals surface area contributed by atoms with Gasteiger partial charge in [-0.1, -0.05) is 5.16 Å². The van der Waals surface area contributed by atoms with E-state index in [1.165, 1.54) is 19.3 Å². The van der Waals surface area contributed by atoms with Crippen LogP contribution < -0.4 is 0 Å². The highest BCUT2D eigenvalue weighted by molar-refractivity contribution is 5.90. The molecule has 3 saturated carbocycles. The molecule has 3 aliphatic rings. The molecule has 0 aromatic heterocycles. The summed E-state index contributed by atoms with van der Waals surface area (Å²) in [5.41, 5.74) is 1.12. The van der Waals surface area contributed by atoms with Crippen LogP contribution in [-0.4, -0.2) is 10.9 Å². The van der Waals surface area contributed by atoms with Gasteiger partial charge >= 0.3 is 0 Å². The fourth-order valence-electron chi connectivity index (χ4n) is 3.74. The third kappa shape index (κ3) is 0.569. The summed E-state index contributed by atoms with van der Waals surface area (Å²) in [5, 5.41) is 12.2. The second-order valence-electron chi connectivity index (χ2n) is 4.32. The van der Waals surface area contributed by atoms with E-state index in [-0.39, 0.29) is 0 Å². The van der Waals surface area contributed by atoms with Gasteiger partial charge in [-0.25, -0.2) is 0 Å². The molecule has 0 amide bonds. The largest absolute Gasteiger partial charge is 0.411 e. The first-order chi connectivity index (χ1) is 5.40. The average molecular weight is 151 g/mol. The molecule has 4 unspecified atom stereocenters. The second-order valence-corrected chi connectivity index (χ2v) is 4.32. The van der Waals surface area contributed by atoms with Crippen LogP contribution in [-0.2, 0) is 0 Å². The van der Waals surface area contributed by atoms with Crippen LogP contribution in [0.3, 0.4) is 0 Å². The van der Waals surface area contributed by atoms with Crippen LogP contribution in [0.2, 0.25) is 0 Å². The normalized spacial score (nSPS) is 56.2. The first-order valence-electron chi connectivity index (χ1n) is 4.61. The van der Waals surface area contributed by atoms with Gasteiger partial charge in [0, 0.05) is 5.92 Å². The van der Waals surface area contributed by atoms with Crippen molar-refractivity contribution in [2.75, 3.05) is 0 Å². The molecule has 0 saturated heterocycles. The molecule has 11 heavy (non-hydrogen) atoms. The van der Waals surface area contributed by atoms with E-state index in [1.807, 2.05) is 0 Å². The third-order valence-electron chi connectivity index (χ3n) is 4.04. The van der Waals surface area contributed by atoms with Crippen molar-refractivity contribution in [2.45, 2.75) is 25.7 Å². The van der Waals surface area contributed by atoms with E-state index in [0.717, 1.165) is 29.9 Å².